The second-order valence-corrected chi connectivity index (χ2v) is 11.5. The molecule has 0 saturated heterocycles. The van der Waals surface area contributed by atoms with Crippen LogP contribution in [-0.2, 0) is 14.8 Å². The van der Waals surface area contributed by atoms with Crippen LogP contribution in [0.5, 0.6) is 5.75 Å². The fourth-order valence-corrected chi connectivity index (χ4v) is 5.57. The topological polar surface area (TPSA) is 75.7 Å². The summed E-state index contributed by atoms with van der Waals surface area (Å²) in [5, 5.41) is 2.64. The molecule has 1 N–H and O–H groups in total. The van der Waals surface area contributed by atoms with E-state index < -0.39 is 21.7 Å². The van der Waals surface area contributed by atoms with Crippen molar-refractivity contribution in [2.75, 3.05) is 22.8 Å². The zero-order chi connectivity index (χ0) is 25.8. The van der Waals surface area contributed by atoms with Gasteiger partial charge in [0.1, 0.15) is 11.6 Å². The molecule has 35 heavy (non-hydrogen) atoms. The van der Waals surface area contributed by atoms with Gasteiger partial charge in [-0.1, -0.05) is 22.0 Å². The van der Waals surface area contributed by atoms with Crippen LogP contribution in [-0.4, -0.2) is 27.5 Å². The van der Waals surface area contributed by atoms with Crippen molar-refractivity contribution >= 4 is 59.2 Å². The maximum atomic E-state index is 14.1. The van der Waals surface area contributed by atoms with E-state index in [0.717, 1.165) is 21.7 Å². The number of aryl methyl sites for hydroxylation is 2. The minimum Gasteiger partial charge on any atom is -0.492 e. The van der Waals surface area contributed by atoms with Crippen LogP contribution >= 0.6 is 31.9 Å². The zero-order valence-corrected chi connectivity index (χ0v) is 23.4. The number of hydrogen-bond donors (Lipinski definition) is 1. The molecular weight excluding hydrogens is 603 g/mol. The standard InChI is InChI=1S/C25H25Br2FN2O4S/c1-4-34-24-14-21(27)22(28)15-23(24)29-25(31)9-10-30(19-12-16(2)11-17(3)13-19)35(32,33)20-7-5-18(26)6-8-20/h5-8,11-15H,4,9-10H2,1-3H3,(H,29,31). The lowest BCUT2D eigenvalue weighted by Crippen LogP contribution is -2.34. The van der Waals surface area contributed by atoms with Gasteiger partial charge in [-0.2, -0.15) is 0 Å². The highest BCUT2D eigenvalue weighted by molar-refractivity contribution is 9.10. The van der Waals surface area contributed by atoms with Crippen LogP contribution in [0, 0.1) is 19.7 Å². The number of nitrogens with one attached hydrogen (secondary N) is 1. The van der Waals surface area contributed by atoms with E-state index in [1.54, 1.807) is 31.2 Å². The summed E-state index contributed by atoms with van der Waals surface area (Å²) < 4.78 is 48.9. The van der Waals surface area contributed by atoms with Crippen molar-refractivity contribution < 1.29 is 22.3 Å². The summed E-state index contributed by atoms with van der Waals surface area (Å²) in [7, 11) is -3.96. The third-order valence-electron chi connectivity index (χ3n) is 5.03. The fourth-order valence-electron chi connectivity index (χ4n) is 3.53. The molecule has 0 fully saturated rings. The molecule has 6 nitrogen and oxygen atoms in total. The van der Waals surface area contributed by atoms with Gasteiger partial charge in [0.2, 0.25) is 5.91 Å². The van der Waals surface area contributed by atoms with E-state index in [0.29, 0.717) is 18.0 Å². The van der Waals surface area contributed by atoms with Crippen molar-refractivity contribution in [2.45, 2.75) is 32.1 Å². The lowest BCUT2D eigenvalue weighted by Gasteiger charge is -2.25. The Morgan fingerprint density at radius 3 is 2.26 bits per heavy atom. The van der Waals surface area contributed by atoms with Crippen molar-refractivity contribution in [3.63, 3.8) is 0 Å². The van der Waals surface area contributed by atoms with Crippen molar-refractivity contribution in [1.82, 2.24) is 0 Å². The second kappa shape index (κ2) is 11.5. The normalized spacial score (nSPS) is 11.3. The zero-order valence-electron chi connectivity index (χ0n) is 19.4. The van der Waals surface area contributed by atoms with Crippen LogP contribution in [0.3, 0.4) is 0 Å². The Kier molecular flexibility index (Phi) is 8.95. The van der Waals surface area contributed by atoms with Crippen LogP contribution in [0.15, 0.2) is 68.4 Å². The molecule has 0 aliphatic carbocycles. The van der Waals surface area contributed by atoms with Crippen molar-refractivity contribution in [3.05, 3.63) is 80.5 Å². The summed E-state index contributed by atoms with van der Waals surface area (Å²) in [5.41, 5.74) is 2.42. The van der Waals surface area contributed by atoms with Crippen LogP contribution in [0.2, 0.25) is 0 Å². The number of carbonyl (C=O) groups excluding carboxylic acids is 1. The number of ether oxygens (including phenoxy) is 1. The molecule has 1 amide bonds. The minimum atomic E-state index is -3.96. The van der Waals surface area contributed by atoms with Gasteiger partial charge in [-0.25, -0.2) is 12.8 Å². The highest BCUT2D eigenvalue weighted by Gasteiger charge is 2.26. The van der Waals surface area contributed by atoms with Gasteiger partial charge in [0.15, 0.2) is 0 Å². The average Bonchev–Trinajstić information content (AvgIpc) is 2.77. The summed E-state index contributed by atoms with van der Waals surface area (Å²) >= 11 is 6.43. The first-order valence-electron chi connectivity index (χ1n) is 10.8. The van der Waals surface area contributed by atoms with E-state index in [2.05, 4.69) is 37.2 Å². The number of sulfonamides is 1. The Labute approximate surface area is 221 Å². The first-order chi connectivity index (χ1) is 16.5. The van der Waals surface area contributed by atoms with Crippen molar-refractivity contribution in [2.24, 2.45) is 0 Å². The predicted molar refractivity (Wildman–Crippen MR) is 143 cm³/mol. The van der Waals surface area contributed by atoms with Gasteiger partial charge in [0, 0.05) is 23.5 Å². The molecule has 186 valence electrons. The van der Waals surface area contributed by atoms with Crippen LogP contribution < -0.4 is 14.4 Å². The first kappa shape index (κ1) is 27.2. The first-order valence-corrected chi connectivity index (χ1v) is 13.8. The number of halogens is 3. The van der Waals surface area contributed by atoms with Crippen LogP contribution in [0.4, 0.5) is 15.8 Å². The van der Waals surface area contributed by atoms with Crippen LogP contribution in [0.25, 0.3) is 0 Å². The molecule has 3 aromatic carbocycles. The maximum absolute atomic E-state index is 14.1. The van der Waals surface area contributed by atoms with Gasteiger partial charge < -0.3 is 10.1 Å². The number of rotatable bonds is 9. The minimum absolute atomic E-state index is 0.105. The van der Waals surface area contributed by atoms with E-state index in [1.165, 1.54) is 22.5 Å². The molecule has 0 spiro atoms. The Morgan fingerprint density at radius 2 is 1.66 bits per heavy atom. The summed E-state index contributed by atoms with van der Waals surface area (Å²) in [4.78, 5) is 12.9. The third-order valence-corrected chi connectivity index (χ3v) is 8.01. The molecule has 0 aromatic heterocycles. The monoisotopic (exact) mass is 626 g/mol. The van der Waals surface area contributed by atoms with E-state index in [4.69, 9.17) is 4.74 Å². The molecule has 0 saturated carbocycles. The Balaban J connectivity index is 1.89. The molecule has 0 aliphatic heterocycles. The molecule has 0 bridgehead atoms. The second-order valence-electron chi connectivity index (χ2n) is 7.87. The van der Waals surface area contributed by atoms with Gasteiger partial charge in [0.25, 0.3) is 10.0 Å². The maximum Gasteiger partial charge on any atom is 0.264 e. The van der Waals surface area contributed by atoms with Crippen LogP contribution in [0.1, 0.15) is 24.5 Å². The summed E-state index contributed by atoms with van der Waals surface area (Å²) in [6, 6.07) is 14.4. The smallest absolute Gasteiger partial charge is 0.264 e. The summed E-state index contributed by atoms with van der Waals surface area (Å²) in [5.74, 6) is -0.728. The molecule has 0 atom stereocenters. The van der Waals surface area contributed by atoms with Gasteiger partial charge in [-0.15, -0.1) is 0 Å². The number of carbonyl (C=O) groups is 1. The van der Waals surface area contributed by atoms with E-state index >= 15 is 0 Å². The molecule has 0 aliphatic rings. The van der Waals surface area contributed by atoms with Gasteiger partial charge in [-0.3, -0.25) is 9.10 Å². The number of anilines is 2. The Hall–Kier alpha value is -2.43. The summed E-state index contributed by atoms with van der Waals surface area (Å²) in [6.45, 7) is 5.75. The predicted octanol–water partition coefficient (Wildman–Crippen LogP) is 6.59. The lowest BCUT2D eigenvalue weighted by molar-refractivity contribution is -0.116. The quantitative estimate of drug-likeness (QED) is 0.290. The third kappa shape index (κ3) is 6.83. The molecule has 0 radical (unpaired) electrons. The van der Waals surface area contributed by atoms with Crippen molar-refractivity contribution in [3.8, 4) is 5.75 Å². The number of amides is 1. The van der Waals surface area contributed by atoms with Crippen molar-refractivity contribution in [1.29, 1.82) is 0 Å². The molecule has 3 rings (SSSR count). The largest absolute Gasteiger partial charge is 0.492 e. The Bertz CT molecular complexity index is 1310. The number of benzene rings is 3. The summed E-state index contributed by atoms with van der Waals surface area (Å²) in [6.07, 6.45) is -0.161. The number of nitrogens with zero attached hydrogens (tertiary/aromatic N) is 1. The average molecular weight is 628 g/mol. The molecule has 0 heterocycles. The lowest BCUT2D eigenvalue weighted by atomic mass is 10.1. The fraction of sp³-hybridized carbons (Fsp3) is 0.240. The highest BCUT2D eigenvalue weighted by atomic mass is 79.9. The number of hydrogen-bond acceptors (Lipinski definition) is 4. The van der Waals surface area contributed by atoms with E-state index in [9.17, 15) is 17.6 Å². The molecule has 3 aromatic rings. The molecule has 0 unspecified atom stereocenters. The van der Waals surface area contributed by atoms with Gasteiger partial charge >= 0.3 is 0 Å². The Morgan fingerprint density at radius 1 is 1.03 bits per heavy atom. The molecule has 10 heteroatoms. The van der Waals surface area contributed by atoms with Gasteiger partial charge in [-0.05, 0) is 90.3 Å². The van der Waals surface area contributed by atoms with E-state index in [-0.39, 0.29) is 28.0 Å². The van der Waals surface area contributed by atoms with Gasteiger partial charge in [0.05, 0.1) is 27.3 Å². The SMILES string of the molecule is CCOc1cc(Br)c(F)cc1NC(=O)CCN(c1cc(C)cc(C)c1)S(=O)(=O)c1ccc(Br)cc1. The van der Waals surface area contributed by atoms with E-state index in [1.807, 2.05) is 19.9 Å². The molecular formula is C25H25Br2FN2O4S. The highest BCUT2D eigenvalue weighted by Crippen LogP contribution is 2.32.